The third-order valence-corrected chi connectivity index (χ3v) is 7.79. The van der Waals surface area contributed by atoms with E-state index < -0.39 is 11.6 Å². The third kappa shape index (κ3) is 7.52. The molecular weight excluding hydrogens is 718 g/mol. The van der Waals surface area contributed by atoms with Crippen molar-refractivity contribution in [2.45, 2.75) is 13.1 Å². The van der Waals surface area contributed by atoms with Gasteiger partial charge in [-0.2, -0.15) is 15.5 Å². The molecule has 0 unspecified atom stereocenters. The second-order valence-electron chi connectivity index (χ2n) is 10.9. The SMILES string of the molecule is Fc1ccccc1Cn1nc(-c2ncc(F)c(Cl)n2)cc1-c1ccon1.N#Cc1nc(-c2cc(-c3ccon3)n(Cc3ccccc3F)n2)ncc1F. The normalized spacial score (nSPS) is 10.9. The first-order valence-electron chi connectivity index (χ1n) is 15.3. The highest BCUT2D eigenvalue weighted by Crippen LogP contribution is 2.27. The van der Waals surface area contributed by atoms with E-state index in [1.165, 1.54) is 29.3 Å². The minimum Gasteiger partial charge on any atom is -0.364 e. The van der Waals surface area contributed by atoms with Crippen LogP contribution in [0.15, 0.2) is 107 Å². The fourth-order valence-corrected chi connectivity index (χ4v) is 5.14. The van der Waals surface area contributed by atoms with Crippen molar-refractivity contribution >= 4 is 11.6 Å². The van der Waals surface area contributed by atoms with Gasteiger partial charge < -0.3 is 9.05 Å². The summed E-state index contributed by atoms with van der Waals surface area (Å²) in [6.45, 7) is 0.283. The average Bonchev–Trinajstić information content (AvgIpc) is 4.00. The highest BCUT2D eigenvalue weighted by Gasteiger charge is 2.19. The first-order chi connectivity index (χ1) is 25.8. The Kier molecular flexibility index (Phi) is 9.76. The molecular formula is C35H20ClF4N11O2. The van der Waals surface area contributed by atoms with Crippen LogP contribution in [0, 0.1) is 34.6 Å². The van der Waals surface area contributed by atoms with Crippen molar-refractivity contribution in [1.29, 1.82) is 5.26 Å². The molecule has 0 N–H and O–H groups in total. The van der Waals surface area contributed by atoms with E-state index in [0.717, 1.165) is 12.4 Å². The van der Waals surface area contributed by atoms with Gasteiger partial charge in [0.1, 0.15) is 53.0 Å². The first-order valence-corrected chi connectivity index (χ1v) is 15.7. The van der Waals surface area contributed by atoms with Crippen molar-refractivity contribution in [2.24, 2.45) is 0 Å². The fraction of sp³-hybridized carbons (Fsp3) is 0.0571. The highest BCUT2D eigenvalue weighted by atomic mass is 35.5. The molecule has 0 bridgehead atoms. The number of hydrogen-bond donors (Lipinski definition) is 0. The monoisotopic (exact) mass is 737 g/mol. The quantitative estimate of drug-likeness (QED) is 0.115. The number of nitriles is 1. The minimum absolute atomic E-state index is 0.0741. The van der Waals surface area contributed by atoms with Crippen LogP contribution in [0.4, 0.5) is 17.6 Å². The molecule has 0 aliphatic rings. The van der Waals surface area contributed by atoms with E-state index in [2.05, 4.69) is 40.4 Å². The van der Waals surface area contributed by atoms with Crippen LogP contribution in [0.25, 0.3) is 45.8 Å². The summed E-state index contributed by atoms with van der Waals surface area (Å²) in [6, 6.07) is 20.9. The summed E-state index contributed by atoms with van der Waals surface area (Å²) in [5, 5.41) is 25.2. The first kappa shape index (κ1) is 34.4. The molecule has 8 rings (SSSR count). The van der Waals surface area contributed by atoms with Crippen molar-refractivity contribution in [3.8, 4) is 51.9 Å². The molecule has 18 heteroatoms. The standard InChI is InChI=1S/C18H10F2N6O.C17H10ClF2N5O/c19-12-4-2-1-3-11(12)10-26-17(14-5-6-27-25-14)7-15(24-26)18-22-9-13(20)16(8-21)23-18;18-16-12(20)8-21-17(22-16)14-7-15(13-5-6-26-24-13)25(23-14)9-10-3-1-2-4-11(10)19/h1-7,9H,10H2;1-8H,9H2. The lowest BCUT2D eigenvalue weighted by Gasteiger charge is -2.06. The average molecular weight is 738 g/mol. The van der Waals surface area contributed by atoms with Gasteiger partial charge in [0.15, 0.2) is 34.1 Å². The Morgan fingerprint density at radius 2 is 1.11 bits per heavy atom. The van der Waals surface area contributed by atoms with E-state index >= 15 is 0 Å². The van der Waals surface area contributed by atoms with Gasteiger partial charge in [0.05, 0.1) is 36.9 Å². The van der Waals surface area contributed by atoms with E-state index in [-0.39, 0.29) is 47.2 Å². The Morgan fingerprint density at radius 3 is 1.57 bits per heavy atom. The van der Waals surface area contributed by atoms with Crippen LogP contribution in [-0.2, 0) is 13.1 Å². The van der Waals surface area contributed by atoms with Gasteiger partial charge in [-0.25, -0.2) is 37.5 Å². The molecule has 53 heavy (non-hydrogen) atoms. The van der Waals surface area contributed by atoms with Gasteiger partial charge in [0, 0.05) is 23.3 Å². The Morgan fingerprint density at radius 1 is 0.623 bits per heavy atom. The molecule has 13 nitrogen and oxygen atoms in total. The summed E-state index contributed by atoms with van der Waals surface area (Å²) < 4.78 is 67.7. The van der Waals surface area contributed by atoms with Crippen LogP contribution in [0.2, 0.25) is 5.15 Å². The van der Waals surface area contributed by atoms with Crippen molar-refractivity contribution in [3.05, 3.63) is 143 Å². The second-order valence-corrected chi connectivity index (χ2v) is 11.3. The summed E-state index contributed by atoms with van der Waals surface area (Å²) in [6.07, 6.45) is 4.70. The zero-order valence-electron chi connectivity index (χ0n) is 26.8. The summed E-state index contributed by atoms with van der Waals surface area (Å²) >= 11 is 5.72. The second kappa shape index (κ2) is 15.0. The Labute approximate surface area is 300 Å². The lowest BCUT2D eigenvalue weighted by molar-refractivity contribution is 0.421. The molecule has 0 aliphatic carbocycles. The number of nitrogens with zero attached hydrogens (tertiary/aromatic N) is 11. The minimum atomic E-state index is -0.816. The zero-order chi connectivity index (χ0) is 36.9. The molecule has 0 amide bonds. The molecule has 0 radical (unpaired) electrons. The van der Waals surface area contributed by atoms with Crippen LogP contribution >= 0.6 is 11.6 Å². The van der Waals surface area contributed by atoms with Crippen LogP contribution in [-0.4, -0.2) is 49.8 Å². The van der Waals surface area contributed by atoms with Crippen molar-refractivity contribution in [2.75, 3.05) is 0 Å². The molecule has 0 atom stereocenters. The summed E-state index contributed by atoms with van der Waals surface area (Å²) in [5.74, 6) is -2.04. The van der Waals surface area contributed by atoms with Gasteiger partial charge in [-0.3, -0.25) is 9.36 Å². The Hall–Kier alpha value is -7.06. The number of aromatic nitrogens is 10. The van der Waals surface area contributed by atoms with E-state index in [1.54, 1.807) is 71.4 Å². The fourth-order valence-electron chi connectivity index (χ4n) is 5.01. The zero-order valence-corrected chi connectivity index (χ0v) is 27.5. The maximum Gasteiger partial charge on any atom is 0.181 e. The molecule has 6 aromatic heterocycles. The molecule has 262 valence electrons. The van der Waals surface area contributed by atoms with Crippen LogP contribution in [0.3, 0.4) is 0 Å². The maximum atomic E-state index is 14.0. The predicted molar refractivity (Wildman–Crippen MR) is 178 cm³/mol. The lowest BCUT2D eigenvalue weighted by Crippen LogP contribution is -2.06. The number of rotatable bonds is 8. The highest BCUT2D eigenvalue weighted by molar-refractivity contribution is 6.29. The van der Waals surface area contributed by atoms with Gasteiger partial charge >= 0.3 is 0 Å². The molecule has 0 saturated heterocycles. The van der Waals surface area contributed by atoms with Gasteiger partial charge in [0.25, 0.3) is 0 Å². The number of halogens is 5. The maximum absolute atomic E-state index is 14.0. The van der Waals surface area contributed by atoms with E-state index in [1.807, 2.05) is 0 Å². The van der Waals surface area contributed by atoms with Crippen LogP contribution in [0.1, 0.15) is 16.8 Å². The molecule has 0 aliphatic heterocycles. The van der Waals surface area contributed by atoms with Gasteiger partial charge in [-0.1, -0.05) is 58.3 Å². The predicted octanol–water partition coefficient (Wildman–Crippen LogP) is 7.17. The molecule has 0 fully saturated rings. The molecule has 0 saturated carbocycles. The van der Waals surface area contributed by atoms with E-state index in [4.69, 9.17) is 25.9 Å². The van der Waals surface area contributed by atoms with E-state index in [0.29, 0.717) is 45.3 Å². The largest absolute Gasteiger partial charge is 0.364 e. The molecule has 2 aromatic carbocycles. The summed E-state index contributed by atoms with van der Waals surface area (Å²) in [7, 11) is 0. The van der Waals surface area contributed by atoms with Gasteiger partial charge in [-0.15, -0.1) is 0 Å². The van der Waals surface area contributed by atoms with E-state index in [9.17, 15) is 17.6 Å². The van der Waals surface area contributed by atoms with Crippen LogP contribution in [0.5, 0.6) is 0 Å². The van der Waals surface area contributed by atoms with Crippen molar-refractivity contribution in [1.82, 2.24) is 49.8 Å². The molecule has 6 heterocycles. The summed E-state index contributed by atoms with van der Waals surface area (Å²) in [4.78, 5) is 15.6. The van der Waals surface area contributed by atoms with Gasteiger partial charge in [0.2, 0.25) is 0 Å². The smallest absolute Gasteiger partial charge is 0.181 e. The van der Waals surface area contributed by atoms with Crippen molar-refractivity contribution < 1.29 is 26.6 Å². The topological polar surface area (TPSA) is 163 Å². The third-order valence-electron chi connectivity index (χ3n) is 7.53. The van der Waals surface area contributed by atoms with Crippen LogP contribution < -0.4 is 0 Å². The number of benzene rings is 2. The Bertz CT molecular complexity index is 2570. The lowest BCUT2D eigenvalue weighted by atomic mass is 10.2. The Balaban J connectivity index is 0.000000164. The van der Waals surface area contributed by atoms with Gasteiger partial charge in [-0.05, 0) is 24.3 Å². The summed E-state index contributed by atoms with van der Waals surface area (Å²) in [5.41, 5.74) is 3.23. The molecule has 8 aromatic rings. The molecule has 0 spiro atoms. The number of hydrogen-bond acceptors (Lipinski definition) is 11. The van der Waals surface area contributed by atoms with Crippen molar-refractivity contribution in [3.63, 3.8) is 0 Å².